The molecule has 0 amide bonds. The Labute approximate surface area is 185 Å². The van der Waals surface area contributed by atoms with Gasteiger partial charge in [0.25, 0.3) is 0 Å². The highest BCUT2D eigenvalue weighted by Crippen LogP contribution is 2.44. The Hall–Kier alpha value is -1.86. The largest absolute Gasteiger partial charge is 0.492 e. The van der Waals surface area contributed by atoms with E-state index in [1.807, 2.05) is 52.0 Å². The molecule has 0 aliphatic carbocycles. The zero-order chi connectivity index (χ0) is 22.3. The molecule has 4 aliphatic rings. The molecule has 1 N–H and O–H groups in total. The van der Waals surface area contributed by atoms with E-state index in [1.54, 1.807) is 10.9 Å². The highest BCUT2D eigenvalue weighted by atomic mass is 16.9. The standard InChI is InChI=1S/C21H26BN3O7/c1-20(2)28-16-14(27-19-18(17(16)29-20)30-21(3,4)31-19)10-25-9-13(23-24-25)15-11-7-5-6-8-12(11)22(26)32-15/h5-9,14-19,26H,10H2,1-4H3/t14-,15?,16?,17?,18-,19?/m0/s1. The molecule has 3 saturated heterocycles. The minimum Gasteiger partial charge on any atom is -0.423 e. The van der Waals surface area contributed by atoms with Crippen molar-refractivity contribution in [3.05, 3.63) is 41.7 Å². The fourth-order valence-corrected chi connectivity index (χ4v) is 5.03. The van der Waals surface area contributed by atoms with Crippen LogP contribution >= 0.6 is 0 Å². The quantitative estimate of drug-likeness (QED) is 0.678. The number of hydrogen-bond donors (Lipinski definition) is 1. The van der Waals surface area contributed by atoms with E-state index in [2.05, 4.69) is 10.3 Å². The average Bonchev–Trinajstić information content (AvgIpc) is 3.46. The Morgan fingerprint density at radius 2 is 1.72 bits per heavy atom. The van der Waals surface area contributed by atoms with Crippen LogP contribution in [0.5, 0.6) is 0 Å². The molecule has 1 aromatic heterocycles. The van der Waals surface area contributed by atoms with Gasteiger partial charge in [0.15, 0.2) is 17.9 Å². The number of ether oxygens (including phenoxy) is 5. The number of benzene rings is 1. The Morgan fingerprint density at radius 1 is 1.00 bits per heavy atom. The molecule has 0 radical (unpaired) electrons. The summed E-state index contributed by atoms with van der Waals surface area (Å²) in [6, 6.07) is 7.56. The zero-order valence-corrected chi connectivity index (χ0v) is 18.4. The fourth-order valence-electron chi connectivity index (χ4n) is 5.03. The van der Waals surface area contributed by atoms with Gasteiger partial charge in [-0.15, -0.1) is 5.10 Å². The second-order valence-electron chi connectivity index (χ2n) is 9.57. The summed E-state index contributed by atoms with van der Waals surface area (Å²) in [6.07, 6.45) is -0.642. The van der Waals surface area contributed by atoms with Gasteiger partial charge in [-0.1, -0.05) is 29.5 Å². The molecule has 6 atom stereocenters. The van der Waals surface area contributed by atoms with Crippen LogP contribution in [0.3, 0.4) is 0 Å². The summed E-state index contributed by atoms with van der Waals surface area (Å²) in [5.41, 5.74) is 2.25. The third-order valence-electron chi connectivity index (χ3n) is 6.25. The van der Waals surface area contributed by atoms with E-state index < -0.39 is 31.1 Å². The molecule has 32 heavy (non-hydrogen) atoms. The predicted molar refractivity (Wildman–Crippen MR) is 110 cm³/mol. The first-order valence-corrected chi connectivity index (χ1v) is 10.9. The predicted octanol–water partition coefficient (Wildman–Crippen LogP) is 0.482. The average molecular weight is 443 g/mol. The number of hydrogen-bond acceptors (Lipinski definition) is 9. The van der Waals surface area contributed by atoms with Crippen LogP contribution in [0, 0.1) is 0 Å². The maximum Gasteiger partial charge on any atom is 0.492 e. The maximum atomic E-state index is 10.2. The van der Waals surface area contributed by atoms with Gasteiger partial charge in [-0.3, -0.25) is 0 Å². The van der Waals surface area contributed by atoms with Crippen LogP contribution in [0.15, 0.2) is 30.5 Å². The Morgan fingerprint density at radius 3 is 2.56 bits per heavy atom. The molecule has 11 heteroatoms. The lowest BCUT2D eigenvalue weighted by Crippen LogP contribution is -2.56. The van der Waals surface area contributed by atoms with E-state index in [-0.39, 0.29) is 24.4 Å². The van der Waals surface area contributed by atoms with E-state index >= 15 is 0 Å². The lowest BCUT2D eigenvalue weighted by atomic mass is 9.79. The van der Waals surface area contributed by atoms with E-state index in [0.29, 0.717) is 12.2 Å². The maximum absolute atomic E-state index is 10.2. The van der Waals surface area contributed by atoms with Crippen molar-refractivity contribution in [3.8, 4) is 0 Å². The van der Waals surface area contributed by atoms with Crippen LogP contribution in [-0.2, 0) is 34.9 Å². The smallest absolute Gasteiger partial charge is 0.423 e. The lowest BCUT2D eigenvalue weighted by Gasteiger charge is -2.37. The van der Waals surface area contributed by atoms with E-state index in [1.165, 1.54) is 0 Å². The van der Waals surface area contributed by atoms with Crippen molar-refractivity contribution in [2.45, 2.75) is 82.6 Å². The van der Waals surface area contributed by atoms with E-state index in [4.69, 9.17) is 28.3 Å². The third-order valence-corrected chi connectivity index (χ3v) is 6.25. The van der Waals surface area contributed by atoms with Crippen LogP contribution in [0.2, 0.25) is 0 Å². The highest BCUT2D eigenvalue weighted by Gasteiger charge is 2.60. The second kappa shape index (κ2) is 7.07. The summed E-state index contributed by atoms with van der Waals surface area (Å²) in [5, 5.41) is 18.8. The Bertz CT molecular complexity index is 1030. The summed E-state index contributed by atoms with van der Waals surface area (Å²) in [7, 11) is -0.977. The van der Waals surface area contributed by atoms with Gasteiger partial charge >= 0.3 is 7.12 Å². The van der Waals surface area contributed by atoms with Crippen molar-refractivity contribution in [2.75, 3.05) is 0 Å². The SMILES string of the molecule is CC1(C)OC2C(O1)[C@H](Cn1cc(C3OB(O)c4ccccc43)nn1)OC1OC(C)(C)O[C@H]12. The van der Waals surface area contributed by atoms with Gasteiger partial charge in [0, 0.05) is 0 Å². The lowest BCUT2D eigenvalue weighted by molar-refractivity contribution is -0.236. The van der Waals surface area contributed by atoms with Gasteiger partial charge < -0.3 is 33.4 Å². The van der Waals surface area contributed by atoms with Crippen LogP contribution in [0.4, 0.5) is 0 Å². The van der Waals surface area contributed by atoms with Crippen molar-refractivity contribution in [2.24, 2.45) is 0 Å². The summed E-state index contributed by atoms with van der Waals surface area (Å²) in [4.78, 5) is 0. The zero-order valence-electron chi connectivity index (χ0n) is 18.4. The van der Waals surface area contributed by atoms with Crippen molar-refractivity contribution in [1.29, 1.82) is 0 Å². The normalized spacial score (nSPS) is 36.7. The van der Waals surface area contributed by atoms with E-state index in [0.717, 1.165) is 11.0 Å². The molecule has 4 aliphatic heterocycles. The van der Waals surface area contributed by atoms with Gasteiger partial charge in [0.05, 0.1) is 12.7 Å². The van der Waals surface area contributed by atoms with E-state index in [9.17, 15) is 5.02 Å². The minimum atomic E-state index is -0.977. The van der Waals surface area contributed by atoms with Gasteiger partial charge in [-0.05, 0) is 38.7 Å². The molecule has 5 heterocycles. The van der Waals surface area contributed by atoms with Crippen LogP contribution in [0.1, 0.15) is 45.1 Å². The van der Waals surface area contributed by atoms with Crippen molar-refractivity contribution in [1.82, 2.24) is 15.0 Å². The summed E-state index contributed by atoms with van der Waals surface area (Å²) >= 11 is 0. The number of fused-ring (bicyclic) bond motifs is 4. The number of nitrogens with zero attached hydrogens (tertiary/aromatic N) is 3. The first-order valence-electron chi connectivity index (χ1n) is 10.9. The number of aromatic nitrogens is 3. The molecule has 1 aromatic carbocycles. The molecule has 2 aromatic rings. The van der Waals surface area contributed by atoms with Gasteiger partial charge in [-0.25, -0.2) is 4.68 Å². The third kappa shape index (κ3) is 3.40. The molecule has 3 fully saturated rings. The fraction of sp³-hybridized carbons (Fsp3) is 0.619. The topological polar surface area (TPSA) is 106 Å². The molecule has 6 rings (SSSR count). The summed E-state index contributed by atoms with van der Waals surface area (Å²) < 4.78 is 38.0. The second-order valence-corrected chi connectivity index (χ2v) is 9.57. The van der Waals surface area contributed by atoms with Gasteiger partial charge in [-0.2, -0.15) is 0 Å². The monoisotopic (exact) mass is 443 g/mol. The van der Waals surface area contributed by atoms with Crippen molar-refractivity contribution in [3.63, 3.8) is 0 Å². The van der Waals surface area contributed by atoms with Crippen molar-refractivity contribution < 1.29 is 33.4 Å². The summed E-state index contributed by atoms with van der Waals surface area (Å²) in [5.74, 6) is -1.52. The molecular formula is C21H26BN3O7. The molecule has 4 unspecified atom stereocenters. The number of rotatable bonds is 3. The molecule has 0 bridgehead atoms. The van der Waals surface area contributed by atoms with Crippen molar-refractivity contribution >= 4 is 12.6 Å². The molecule has 0 spiro atoms. The van der Waals surface area contributed by atoms with Crippen LogP contribution < -0.4 is 5.46 Å². The Balaban J connectivity index is 1.24. The molecule has 10 nitrogen and oxygen atoms in total. The first-order chi connectivity index (χ1) is 15.2. The first kappa shape index (κ1) is 20.7. The van der Waals surface area contributed by atoms with Gasteiger partial charge in [0.2, 0.25) is 0 Å². The highest BCUT2D eigenvalue weighted by molar-refractivity contribution is 6.61. The van der Waals surface area contributed by atoms with Crippen LogP contribution in [0.25, 0.3) is 0 Å². The Kier molecular flexibility index (Phi) is 4.58. The molecule has 0 saturated carbocycles. The van der Waals surface area contributed by atoms with Gasteiger partial charge in [0.1, 0.15) is 36.2 Å². The molecule has 170 valence electrons. The summed E-state index contributed by atoms with van der Waals surface area (Å²) in [6.45, 7) is 7.87. The molecular weight excluding hydrogens is 417 g/mol. The minimum absolute atomic E-state index is 0.321. The van der Waals surface area contributed by atoms with Crippen LogP contribution in [-0.4, -0.2) is 69.4 Å².